The van der Waals surface area contributed by atoms with E-state index in [0.717, 1.165) is 61.0 Å². The van der Waals surface area contributed by atoms with Gasteiger partial charge in [0.25, 0.3) is 5.91 Å². The minimum Gasteiger partial charge on any atom is -0.379 e. The molecule has 0 spiro atoms. The van der Waals surface area contributed by atoms with Crippen molar-refractivity contribution < 1.29 is 9.53 Å². The van der Waals surface area contributed by atoms with E-state index in [1.807, 2.05) is 4.90 Å². The number of fused-ring (bicyclic) bond motifs is 1. The van der Waals surface area contributed by atoms with Gasteiger partial charge >= 0.3 is 0 Å². The number of hydrogen-bond donors (Lipinski definition) is 0. The molecule has 1 aliphatic heterocycles. The van der Waals surface area contributed by atoms with Crippen LogP contribution in [0.5, 0.6) is 0 Å². The zero-order valence-electron chi connectivity index (χ0n) is 17.4. The van der Waals surface area contributed by atoms with Gasteiger partial charge in [0.1, 0.15) is 5.69 Å². The summed E-state index contributed by atoms with van der Waals surface area (Å²) in [7, 11) is 1.80. The molecule has 1 aromatic carbocycles. The number of benzene rings is 1. The average molecular weight is 450 g/mol. The van der Waals surface area contributed by atoms with E-state index in [1.165, 1.54) is 5.56 Å². The van der Waals surface area contributed by atoms with Crippen LogP contribution >= 0.6 is 23.7 Å². The quantitative estimate of drug-likeness (QED) is 0.553. The fourth-order valence-electron chi connectivity index (χ4n) is 3.58. The number of thiazole rings is 1. The highest BCUT2D eigenvalue weighted by atomic mass is 35.5. The second kappa shape index (κ2) is 10.3. The summed E-state index contributed by atoms with van der Waals surface area (Å²) in [5.74, 6) is -0.0539. The van der Waals surface area contributed by atoms with Crippen molar-refractivity contribution in [3.05, 3.63) is 41.7 Å². The van der Waals surface area contributed by atoms with Crippen molar-refractivity contribution in [2.75, 3.05) is 44.3 Å². The maximum Gasteiger partial charge on any atom is 0.278 e. The first kappa shape index (κ1) is 22.7. The molecule has 1 aliphatic rings. The molecule has 3 heterocycles. The summed E-state index contributed by atoms with van der Waals surface area (Å²) in [6, 6.07) is 8.10. The van der Waals surface area contributed by atoms with Gasteiger partial charge in [0.15, 0.2) is 5.13 Å². The second-order valence-corrected chi connectivity index (χ2v) is 8.27. The van der Waals surface area contributed by atoms with Gasteiger partial charge in [0, 0.05) is 39.4 Å². The largest absolute Gasteiger partial charge is 0.379 e. The molecule has 0 atom stereocenters. The predicted molar refractivity (Wildman–Crippen MR) is 123 cm³/mol. The molecule has 162 valence electrons. The third-order valence-corrected chi connectivity index (χ3v) is 6.37. The molecular weight excluding hydrogens is 422 g/mol. The Balaban J connectivity index is 0.00000256. The van der Waals surface area contributed by atoms with Crippen LogP contribution in [0.2, 0.25) is 0 Å². The first-order chi connectivity index (χ1) is 14.2. The van der Waals surface area contributed by atoms with E-state index in [9.17, 15) is 4.79 Å². The lowest BCUT2D eigenvalue weighted by molar-refractivity contribution is 0.0376. The van der Waals surface area contributed by atoms with Crippen LogP contribution in [0.3, 0.4) is 0 Å². The number of amides is 1. The lowest BCUT2D eigenvalue weighted by Crippen LogP contribution is -2.39. The van der Waals surface area contributed by atoms with Gasteiger partial charge in [-0.1, -0.05) is 24.3 Å². The number of carbonyl (C=O) groups excluding carboxylic acids is 1. The molecule has 0 aliphatic carbocycles. The first-order valence-corrected chi connectivity index (χ1v) is 11.0. The standard InChI is InChI=1S/C21H27N5O2S.ClH/c1-3-16-5-6-17-19(15-16)29-21(23-17)26(20(27)18-7-8-22-24(18)2)10-4-9-25-11-13-28-14-12-25;/h5-8,15H,3-4,9-14H2,1-2H3;1H. The lowest BCUT2D eigenvalue weighted by atomic mass is 10.2. The molecule has 0 bridgehead atoms. The molecule has 7 nitrogen and oxygen atoms in total. The Kier molecular flexibility index (Phi) is 7.82. The van der Waals surface area contributed by atoms with Crippen molar-refractivity contribution in [3.8, 4) is 0 Å². The highest BCUT2D eigenvalue weighted by Gasteiger charge is 2.24. The average Bonchev–Trinajstić information content (AvgIpc) is 3.36. The molecule has 1 fully saturated rings. The highest BCUT2D eigenvalue weighted by Crippen LogP contribution is 2.30. The zero-order chi connectivity index (χ0) is 20.2. The number of rotatable bonds is 7. The number of carbonyl (C=O) groups is 1. The van der Waals surface area contributed by atoms with Crippen LogP contribution in [0, 0.1) is 0 Å². The van der Waals surface area contributed by atoms with Crippen molar-refractivity contribution in [1.29, 1.82) is 0 Å². The van der Waals surface area contributed by atoms with Crippen LogP contribution in [-0.4, -0.2) is 65.0 Å². The third-order valence-electron chi connectivity index (χ3n) is 5.33. The maximum absolute atomic E-state index is 13.3. The van der Waals surface area contributed by atoms with E-state index < -0.39 is 0 Å². The van der Waals surface area contributed by atoms with E-state index in [-0.39, 0.29) is 18.3 Å². The molecule has 0 unspecified atom stereocenters. The molecule has 30 heavy (non-hydrogen) atoms. The van der Waals surface area contributed by atoms with Gasteiger partial charge in [-0.2, -0.15) is 5.10 Å². The fourth-order valence-corrected chi connectivity index (χ4v) is 4.63. The van der Waals surface area contributed by atoms with E-state index >= 15 is 0 Å². The van der Waals surface area contributed by atoms with Crippen LogP contribution < -0.4 is 4.90 Å². The molecular formula is C21H28ClN5O2S. The minimum absolute atomic E-state index is 0. The van der Waals surface area contributed by atoms with Gasteiger partial charge < -0.3 is 4.74 Å². The Morgan fingerprint density at radius 2 is 2.07 bits per heavy atom. The molecule has 0 radical (unpaired) electrons. The molecule has 0 saturated carbocycles. The summed E-state index contributed by atoms with van der Waals surface area (Å²) in [6.45, 7) is 7.20. The maximum atomic E-state index is 13.3. The normalized spacial score (nSPS) is 14.6. The first-order valence-electron chi connectivity index (χ1n) is 10.1. The number of halogens is 1. The SMILES string of the molecule is CCc1ccc2nc(N(CCCN3CCOCC3)C(=O)c3ccnn3C)sc2c1.Cl. The zero-order valence-corrected chi connectivity index (χ0v) is 19.0. The van der Waals surface area contributed by atoms with Crippen LogP contribution in [0.1, 0.15) is 29.4 Å². The molecule has 9 heteroatoms. The Morgan fingerprint density at radius 3 is 2.77 bits per heavy atom. The van der Waals surface area contributed by atoms with Crippen LogP contribution in [0.25, 0.3) is 10.2 Å². The predicted octanol–water partition coefficient (Wildman–Crippen LogP) is 3.38. The van der Waals surface area contributed by atoms with Crippen molar-refractivity contribution >= 4 is 45.0 Å². The van der Waals surface area contributed by atoms with Crippen molar-refractivity contribution in [3.63, 3.8) is 0 Å². The molecule has 3 aromatic rings. The van der Waals surface area contributed by atoms with E-state index in [4.69, 9.17) is 9.72 Å². The molecule has 4 rings (SSSR count). The molecule has 1 amide bonds. The summed E-state index contributed by atoms with van der Waals surface area (Å²) < 4.78 is 8.17. The van der Waals surface area contributed by atoms with Crippen molar-refractivity contribution in [1.82, 2.24) is 19.7 Å². The van der Waals surface area contributed by atoms with Gasteiger partial charge in [-0.15, -0.1) is 12.4 Å². The third kappa shape index (κ3) is 5.00. The lowest BCUT2D eigenvalue weighted by Gasteiger charge is -2.27. The van der Waals surface area contributed by atoms with Gasteiger partial charge in [0.05, 0.1) is 23.4 Å². The Hall–Kier alpha value is -2.00. The number of aryl methyl sites for hydroxylation is 2. The van der Waals surface area contributed by atoms with Crippen molar-refractivity contribution in [2.45, 2.75) is 19.8 Å². The van der Waals surface area contributed by atoms with Crippen LogP contribution in [0.15, 0.2) is 30.5 Å². The molecule has 1 saturated heterocycles. The summed E-state index contributed by atoms with van der Waals surface area (Å²) >= 11 is 1.58. The van der Waals surface area contributed by atoms with Gasteiger partial charge in [-0.25, -0.2) is 4.98 Å². The van der Waals surface area contributed by atoms with Crippen molar-refractivity contribution in [2.24, 2.45) is 7.05 Å². The Labute approximate surface area is 187 Å². The van der Waals surface area contributed by atoms with Gasteiger partial charge in [-0.05, 0) is 36.6 Å². The number of hydrogen-bond acceptors (Lipinski definition) is 6. The van der Waals surface area contributed by atoms with Gasteiger partial charge in [0.2, 0.25) is 0 Å². The number of ether oxygens (including phenoxy) is 1. The molecule has 0 N–H and O–H groups in total. The Morgan fingerprint density at radius 1 is 1.27 bits per heavy atom. The number of anilines is 1. The van der Waals surface area contributed by atoms with Gasteiger partial charge in [-0.3, -0.25) is 19.3 Å². The number of morpholine rings is 1. The topological polar surface area (TPSA) is 63.5 Å². The highest BCUT2D eigenvalue weighted by molar-refractivity contribution is 7.22. The smallest absolute Gasteiger partial charge is 0.278 e. The van der Waals surface area contributed by atoms with Crippen LogP contribution in [-0.2, 0) is 18.2 Å². The van der Waals surface area contributed by atoms with E-state index in [1.54, 1.807) is 35.3 Å². The number of nitrogens with zero attached hydrogens (tertiary/aromatic N) is 5. The van der Waals surface area contributed by atoms with E-state index in [0.29, 0.717) is 12.2 Å². The summed E-state index contributed by atoms with van der Waals surface area (Å²) in [6.07, 6.45) is 3.53. The minimum atomic E-state index is -0.0539. The summed E-state index contributed by atoms with van der Waals surface area (Å²) in [4.78, 5) is 22.3. The summed E-state index contributed by atoms with van der Waals surface area (Å²) in [5.41, 5.74) is 2.80. The second-order valence-electron chi connectivity index (χ2n) is 7.26. The number of aromatic nitrogens is 3. The fraction of sp³-hybridized carbons (Fsp3) is 0.476. The van der Waals surface area contributed by atoms with E-state index in [2.05, 4.69) is 35.1 Å². The summed E-state index contributed by atoms with van der Waals surface area (Å²) in [5, 5.41) is 4.91. The Bertz CT molecular complexity index is 983. The molecule has 2 aromatic heterocycles. The van der Waals surface area contributed by atoms with Crippen LogP contribution in [0.4, 0.5) is 5.13 Å². The monoisotopic (exact) mass is 449 g/mol.